The molecule has 0 fully saturated rings. The van der Waals surface area contributed by atoms with Gasteiger partial charge in [-0.1, -0.05) is 12.1 Å². The number of esters is 2. The number of carbonyl (C=O) groups is 2. The molecule has 1 aromatic rings. The highest BCUT2D eigenvalue weighted by atomic mass is 19.1. The lowest BCUT2D eigenvalue weighted by molar-refractivity contribution is -0.157. The minimum atomic E-state index is -0.785. The van der Waals surface area contributed by atoms with Crippen LogP contribution in [-0.2, 0) is 23.9 Å². The van der Waals surface area contributed by atoms with E-state index in [1.165, 1.54) is 19.2 Å². The summed E-state index contributed by atoms with van der Waals surface area (Å²) < 4.78 is 23.6. The van der Waals surface area contributed by atoms with Gasteiger partial charge in [-0.05, 0) is 44.9 Å². The fourth-order valence-corrected chi connectivity index (χ4v) is 2.62. The quantitative estimate of drug-likeness (QED) is 0.386. The van der Waals surface area contributed by atoms with Gasteiger partial charge in [-0.15, -0.1) is 0 Å². The molecule has 0 bridgehead atoms. The van der Waals surface area contributed by atoms with E-state index in [0.717, 1.165) is 0 Å². The Labute approximate surface area is 178 Å². The lowest BCUT2D eigenvalue weighted by atomic mass is 10.1. The Morgan fingerprint density at radius 3 is 2.30 bits per heavy atom. The van der Waals surface area contributed by atoms with E-state index in [4.69, 9.17) is 9.57 Å². The molecule has 0 amide bonds. The fourth-order valence-electron chi connectivity index (χ4n) is 2.62. The summed E-state index contributed by atoms with van der Waals surface area (Å²) in [4.78, 5) is 29.4. The van der Waals surface area contributed by atoms with Crippen LogP contribution in [0.4, 0.5) is 4.39 Å². The summed E-state index contributed by atoms with van der Waals surface area (Å²) in [5.41, 5.74) is -0.0767. The summed E-state index contributed by atoms with van der Waals surface area (Å²) in [5, 5.41) is 7.98. The van der Waals surface area contributed by atoms with Gasteiger partial charge in [-0.25, -0.2) is 9.18 Å². The van der Waals surface area contributed by atoms with E-state index in [-0.39, 0.29) is 24.4 Å². The van der Waals surface area contributed by atoms with Crippen molar-refractivity contribution in [3.05, 3.63) is 35.6 Å². The molecule has 1 aromatic carbocycles. The number of hydrogen-bond donors (Lipinski definition) is 2. The number of carbonyl (C=O) groups excluding carboxylic acids is 2. The van der Waals surface area contributed by atoms with Crippen LogP contribution in [0.2, 0.25) is 0 Å². The highest BCUT2D eigenvalue weighted by molar-refractivity contribution is 5.78. The molecule has 30 heavy (non-hydrogen) atoms. The van der Waals surface area contributed by atoms with Gasteiger partial charge in [0.2, 0.25) is 0 Å². The van der Waals surface area contributed by atoms with Crippen LogP contribution in [0.15, 0.2) is 24.3 Å². The van der Waals surface area contributed by atoms with Crippen molar-refractivity contribution in [2.75, 3.05) is 40.9 Å². The van der Waals surface area contributed by atoms with Gasteiger partial charge in [0.15, 0.2) is 0 Å². The van der Waals surface area contributed by atoms with E-state index in [1.807, 2.05) is 0 Å². The number of hydrogen-bond acceptors (Lipinski definition) is 8. The van der Waals surface area contributed by atoms with E-state index < -0.39 is 17.6 Å². The third kappa shape index (κ3) is 10.1. The van der Waals surface area contributed by atoms with Crippen molar-refractivity contribution in [1.29, 1.82) is 0 Å². The third-order valence-corrected chi connectivity index (χ3v) is 4.28. The topological polar surface area (TPSA) is 89.1 Å². The number of benzene rings is 1. The van der Waals surface area contributed by atoms with Crippen LogP contribution in [0.3, 0.4) is 0 Å². The summed E-state index contributed by atoms with van der Waals surface area (Å²) >= 11 is 0. The maximum Gasteiger partial charge on any atom is 0.328 e. The number of nitrogens with one attached hydrogen (secondary N) is 2. The highest BCUT2D eigenvalue weighted by Gasteiger charge is 2.27. The highest BCUT2D eigenvalue weighted by Crippen LogP contribution is 2.19. The minimum Gasteiger partial charge on any atom is -0.468 e. The van der Waals surface area contributed by atoms with Crippen molar-refractivity contribution in [3.63, 3.8) is 0 Å². The molecular weight excluding hydrogens is 393 g/mol. The SMILES string of the molecule is COC(=O)CNC(CCN(C)OC)CNC(C(=O)OC(C)(C)C)c1ccc(F)cc1. The largest absolute Gasteiger partial charge is 0.468 e. The van der Waals surface area contributed by atoms with E-state index in [0.29, 0.717) is 25.1 Å². The van der Waals surface area contributed by atoms with Gasteiger partial charge < -0.3 is 19.6 Å². The van der Waals surface area contributed by atoms with E-state index in [2.05, 4.69) is 15.4 Å². The molecule has 9 heteroatoms. The summed E-state index contributed by atoms with van der Waals surface area (Å²) in [6, 6.07) is 4.75. The third-order valence-electron chi connectivity index (χ3n) is 4.28. The smallest absolute Gasteiger partial charge is 0.328 e. The van der Waals surface area contributed by atoms with Gasteiger partial charge >= 0.3 is 11.9 Å². The number of rotatable bonds is 12. The Hall–Kier alpha value is -2.07. The molecule has 0 aliphatic heterocycles. The summed E-state index contributed by atoms with van der Waals surface area (Å²) in [7, 11) is 4.69. The van der Waals surface area contributed by atoms with Crippen LogP contribution in [-0.4, -0.2) is 69.5 Å². The molecule has 2 atom stereocenters. The van der Waals surface area contributed by atoms with Crippen LogP contribution in [0.1, 0.15) is 38.8 Å². The molecule has 0 heterocycles. The van der Waals surface area contributed by atoms with Crippen molar-refractivity contribution >= 4 is 11.9 Å². The zero-order chi connectivity index (χ0) is 22.7. The second kappa shape index (κ2) is 12.6. The molecule has 8 nitrogen and oxygen atoms in total. The first-order valence-corrected chi connectivity index (χ1v) is 9.83. The molecule has 0 saturated heterocycles. The van der Waals surface area contributed by atoms with Gasteiger partial charge in [-0.2, -0.15) is 5.06 Å². The molecule has 0 aliphatic rings. The zero-order valence-corrected chi connectivity index (χ0v) is 18.7. The van der Waals surface area contributed by atoms with Gasteiger partial charge in [0, 0.05) is 26.2 Å². The van der Waals surface area contributed by atoms with Crippen molar-refractivity contribution in [2.45, 2.75) is 44.9 Å². The van der Waals surface area contributed by atoms with Crippen LogP contribution in [0, 0.1) is 5.82 Å². The Kier molecular flexibility index (Phi) is 10.9. The van der Waals surface area contributed by atoms with E-state index in [1.54, 1.807) is 52.1 Å². The summed E-state index contributed by atoms with van der Waals surface area (Å²) in [5.74, 6) is -1.24. The van der Waals surface area contributed by atoms with Crippen molar-refractivity contribution in [1.82, 2.24) is 15.7 Å². The zero-order valence-electron chi connectivity index (χ0n) is 18.7. The molecule has 0 radical (unpaired) electrons. The standard InChI is InChI=1S/C21H34FN3O5/c1-21(2,3)30-20(27)19(15-7-9-16(22)10-8-15)24-13-17(11-12-25(4)29-6)23-14-18(26)28-5/h7-10,17,19,23-24H,11-14H2,1-6H3. The Morgan fingerprint density at radius 1 is 1.13 bits per heavy atom. The number of ether oxygens (including phenoxy) is 2. The second-order valence-corrected chi connectivity index (χ2v) is 7.90. The van der Waals surface area contributed by atoms with E-state index in [9.17, 15) is 14.0 Å². The number of halogens is 1. The first-order chi connectivity index (χ1) is 14.1. The maximum absolute atomic E-state index is 13.3. The van der Waals surface area contributed by atoms with Crippen LogP contribution in [0.25, 0.3) is 0 Å². The molecule has 170 valence electrons. The van der Waals surface area contributed by atoms with Gasteiger partial charge in [0.1, 0.15) is 17.5 Å². The molecule has 0 saturated carbocycles. The predicted molar refractivity (Wildman–Crippen MR) is 111 cm³/mol. The van der Waals surface area contributed by atoms with Gasteiger partial charge in [-0.3, -0.25) is 10.1 Å². The van der Waals surface area contributed by atoms with Crippen LogP contribution >= 0.6 is 0 Å². The summed E-state index contributed by atoms with van der Waals surface area (Å²) in [6.45, 7) is 6.35. The average molecular weight is 428 g/mol. The molecule has 2 N–H and O–H groups in total. The average Bonchev–Trinajstić information content (AvgIpc) is 2.68. The minimum absolute atomic E-state index is 0.0349. The van der Waals surface area contributed by atoms with Gasteiger partial charge in [0.05, 0.1) is 20.8 Å². The molecule has 0 aromatic heterocycles. The molecule has 2 unspecified atom stereocenters. The molecule has 1 rings (SSSR count). The lowest BCUT2D eigenvalue weighted by Gasteiger charge is -2.27. The van der Waals surface area contributed by atoms with Crippen molar-refractivity contribution < 1.29 is 28.3 Å². The van der Waals surface area contributed by atoms with E-state index >= 15 is 0 Å². The fraction of sp³-hybridized carbons (Fsp3) is 0.619. The number of hydroxylamine groups is 2. The Bertz CT molecular complexity index is 664. The predicted octanol–water partition coefficient (Wildman–Crippen LogP) is 1.81. The summed E-state index contributed by atoms with van der Waals surface area (Å²) in [6.07, 6.45) is 0.638. The monoisotopic (exact) mass is 427 g/mol. The number of nitrogens with zero attached hydrogens (tertiary/aromatic N) is 1. The Morgan fingerprint density at radius 2 is 1.77 bits per heavy atom. The second-order valence-electron chi connectivity index (χ2n) is 7.90. The number of methoxy groups -OCH3 is 1. The van der Waals surface area contributed by atoms with Crippen molar-refractivity contribution in [3.8, 4) is 0 Å². The molecular formula is C21H34FN3O5. The molecule has 0 aliphatic carbocycles. The Balaban J connectivity index is 2.91. The van der Waals surface area contributed by atoms with Crippen molar-refractivity contribution in [2.24, 2.45) is 0 Å². The normalized spacial score (nSPS) is 13.7. The van der Waals surface area contributed by atoms with Crippen LogP contribution < -0.4 is 10.6 Å². The first kappa shape index (κ1) is 26.0. The lowest BCUT2D eigenvalue weighted by Crippen LogP contribution is -2.45. The van der Waals surface area contributed by atoms with Crippen LogP contribution in [0.5, 0.6) is 0 Å². The molecule has 0 spiro atoms. The van der Waals surface area contributed by atoms with Gasteiger partial charge in [0.25, 0.3) is 0 Å². The maximum atomic E-state index is 13.3. The first-order valence-electron chi connectivity index (χ1n) is 9.83.